The number of nitrogens with zero attached hydrogens (tertiary/aromatic N) is 2. The third-order valence-electron chi connectivity index (χ3n) is 5.41. The van der Waals surface area contributed by atoms with Gasteiger partial charge < -0.3 is 5.32 Å². The zero-order chi connectivity index (χ0) is 23.5. The molecule has 3 aromatic rings. The minimum Gasteiger partial charge on any atom is -0.321 e. The van der Waals surface area contributed by atoms with Crippen LogP contribution >= 0.6 is 11.3 Å². The molecule has 0 radical (unpaired) electrons. The first-order valence-corrected chi connectivity index (χ1v) is 13.0. The van der Waals surface area contributed by atoms with Crippen molar-refractivity contribution in [1.29, 1.82) is 0 Å². The first kappa shape index (κ1) is 24.1. The Bertz CT molecular complexity index is 1210. The normalized spacial score (nSPS) is 11.7. The van der Waals surface area contributed by atoms with Crippen LogP contribution in [0.25, 0.3) is 10.6 Å². The summed E-state index contributed by atoms with van der Waals surface area (Å²) in [5.74, 6) is -0.295. The second-order valence-corrected chi connectivity index (χ2v) is 10.4. The summed E-state index contributed by atoms with van der Waals surface area (Å²) in [5, 5.41) is 3.67. The highest BCUT2D eigenvalue weighted by Gasteiger charge is 2.23. The van der Waals surface area contributed by atoms with Gasteiger partial charge in [-0.2, -0.15) is 4.31 Å². The van der Waals surface area contributed by atoms with Crippen molar-refractivity contribution in [1.82, 2.24) is 9.29 Å². The maximum atomic E-state index is 13.0. The van der Waals surface area contributed by atoms with Gasteiger partial charge in [-0.1, -0.05) is 51.1 Å². The number of hydrogen-bond acceptors (Lipinski definition) is 5. The molecule has 1 aromatic heterocycles. The van der Waals surface area contributed by atoms with Crippen molar-refractivity contribution in [3.05, 3.63) is 64.2 Å². The van der Waals surface area contributed by atoms with Crippen LogP contribution < -0.4 is 5.32 Å². The second-order valence-electron chi connectivity index (χ2n) is 7.50. The van der Waals surface area contributed by atoms with Crippen molar-refractivity contribution >= 4 is 33.0 Å². The molecule has 1 amide bonds. The molecule has 1 heterocycles. The van der Waals surface area contributed by atoms with Crippen LogP contribution in [0.4, 0.5) is 5.69 Å². The van der Waals surface area contributed by atoms with Crippen LogP contribution in [0.1, 0.15) is 47.3 Å². The smallest absolute Gasteiger partial charge is 0.267 e. The SMILES string of the molecule is CCc1ccc(-c2nc(C)c(C(=O)Nc3cc(S(=O)(=O)N(CC)CC)ccc3C)s2)cc1. The number of thiazole rings is 1. The Balaban J connectivity index is 1.88. The average Bonchev–Trinajstić information content (AvgIpc) is 3.17. The number of carbonyl (C=O) groups is 1. The molecule has 0 saturated carbocycles. The monoisotopic (exact) mass is 471 g/mol. The van der Waals surface area contributed by atoms with Gasteiger partial charge in [-0.05, 0) is 43.5 Å². The zero-order valence-electron chi connectivity index (χ0n) is 19.1. The van der Waals surface area contributed by atoms with Crippen molar-refractivity contribution in [3.8, 4) is 10.6 Å². The lowest BCUT2D eigenvalue weighted by atomic mass is 10.1. The molecule has 32 heavy (non-hydrogen) atoms. The molecular formula is C24H29N3O3S2. The first-order valence-electron chi connectivity index (χ1n) is 10.7. The standard InChI is InChI=1S/C24H29N3O3S2/c1-6-18-10-12-19(13-11-18)24-25-17(5)22(31-24)23(28)26-21-15-20(14-9-16(21)4)32(29,30)27(7-2)8-3/h9-15H,6-8H2,1-5H3,(H,26,28). The van der Waals surface area contributed by atoms with Gasteiger partial charge in [0.05, 0.1) is 10.6 Å². The molecule has 0 spiro atoms. The number of aromatic nitrogens is 1. The average molecular weight is 472 g/mol. The van der Waals surface area contributed by atoms with Crippen LogP contribution in [0.15, 0.2) is 47.4 Å². The molecule has 3 rings (SSSR count). The highest BCUT2D eigenvalue weighted by atomic mass is 32.2. The molecule has 6 nitrogen and oxygen atoms in total. The largest absolute Gasteiger partial charge is 0.321 e. The third kappa shape index (κ3) is 4.92. The topological polar surface area (TPSA) is 79.4 Å². The lowest BCUT2D eigenvalue weighted by Gasteiger charge is -2.19. The molecule has 8 heteroatoms. The molecule has 0 bridgehead atoms. The summed E-state index contributed by atoms with van der Waals surface area (Å²) in [4.78, 5) is 18.3. The van der Waals surface area contributed by atoms with Crippen molar-refractivity contribution in [2.24, 2.45) is 0 Å². The number of hydrogen-bond donors (Lipinski definition) is 1. The van der Waals surface area contributed by atoms with Gasteiger partial charge in [0, 0.05) is 24.3 Å². The summed E-state index contributed by atoms with van der Waals surface area (Å²) in [5.41, 5.74) is 4.12. The fourth-order valence-corrected chi connectivity index (χ4v) is 5.85. The van der Waals surface area contributed by atoms with Crippen molar-refractivity contribution in [2.75, 3.05) is 18.4 Å². The molecule has 0 aliphatic heterocycles. The summed E-state index contributed by atoms with van der Waals surface area (Å²) in [6, 6.07) is 13.0. The van der Waals surface area contributed by atoms with E-state index in [4.69, 9.17) is 0 Å². The van der Waals surface area contributed by atoms with Crippen molar-refractivity contribution in [2.45, 2.75) is 45.9 Å². The van der Waals surface area contributed by atoms with Gasteiger partial charge in [0.1, 0.15) is 9.88 Å². The Morgan fingerprint density at radius 1 is 1.03 bits per heavy atom. The number of aryl methyl sites for hydroxylation is 3. The third-order valence-corrected chi connectivity index (χ3v) is 8.66. The maximum absolute atomic E-state index is 13.0. The van der Waals surface area contributed by atoms with Gasteiger partial charge in [-0.15, -0.1) is 11.3 Å². The molecule has 0 aliphatic carbocycles. The Kier molecular flexibility index (Phi) is 7.48. The summed E-state index contributed by atoms with van der Waals surface area (Å²) in [7, 11) is -3.61. The lowest BCUT2D eigenvalue weighted by molar-refractivity contribution is 0.102. The second kappa shape index (κ2) is 9.94. The van der Waals surface area contributed by atoms with Gasteiger partial charge in [0.15, 0.2) is 0 Å². The molecule has 170 valence electrons. The van der Waals surface area contributed by atoms with Gasteiger partial charge in [0.2, 0.25) is 10.0 Å². The molecule has 0 atom stereocenters. The Labute approximate surface area is 194 Å². The predicted octanol–water partition coefficient (Wildman–Crippen LogP) is 5.27. The van der Waals surface area contributed by atoms with E-state index < -0.39 is 10.0 Å². The van der Waals surface area contributed by atoms with Crippen LogP contribution in [0, 0.1) is 13.8 Å². The van der Waals surface area contributed by atoms with E-state index >= 15 is 0 Å². The van der Waals surface area contributed by atoms with E-state index in [0.717, 1.165) is 22.6 Å². The van der Waals surface area contributed by atoms with Gasteiger partial charge >= 0.3 is 0 Å². The molecule has 0 fully saturated rings. The van der Waals surface area contributed by atoms with Gasteiger partial charge in [-0.3, -0.25) is 4.79 Å². The van der Waals surface area contributed by atoms with E-state index in [2.05, 4.69) is 29.4 Å². The van der Waals surface area contributed by atoms with E-state index in [1.807, 2.05) is 26.0 Å². The number of rotatable bonds is 8. The number of amides is 1. The summed E-state index contributed by atoms with van der Waals surface area (Å²) >= 11 is 1.33. The minimum absolute atomic E-state index is 0.167. The highest BCUT2D eigenvalue weighted by molar-refractivity contribution is 7.89. The highest BCUT2D eigenvalue weighted by Crippen LogP contribution is 2.30. The van der Waals surface area contributed by atoms with E-state index in [1.54, 1.807) is 26.0 Å². The van der Waals surface area contributed by atoms with Crippen LogP contribution in [0.5, 0.6) is 0 Å². The number of sulfonamides is 1. The van der Waals surface area contributed by atoms with E-state index in [1.165, 1.54) is 27.3 Å². The summed E-state index contributed by atoms with van der Waals surface area (Å²) in [6.07, 6.45) is 0.966. The summed E-state index contributed by atoms with van der Waals surface area (Å²) in [6.45, 7) is 10.1. The van der Waals surface area contributed by atoms with Crippen LogP contribution in [-0.2, 0) is 16.4 Å². The van der Waals surface area contributed by atoms with Crippen LogP contribution in [0.2, 0.25) is 0 Å². The Hall–Kier alpha value is -2.55. The molecule has 0 saturated heterocycles. The minimum atomic E-state index is -3.61. The van der Waals surface area contributed by atoms with Crippen LogP contribution in [0.3, 0.4) is 0 Å². The predicted molar refractivity (Wildman–Crippen MR) is 131 cm³/mol. The lowest BCUT2D eigenvalue weighted by Crippen LogP contribution is -2.30. The van der Waals surface area contributed by atoms with E-state index in [9.17, 15) is 13.2 Å². The van der Waals surface area contributed by atoms with Crippen molar-refractivity contribution < 1.29 is 13.2 Å². The molecular weight excluding hydrogens is 442 g/mol. The Morgan fingerprint density at radius 2 is 1.69 bits per heavy atom. The Morgan fingerprint density at radius 3 is 2.28 bits per heavy atom. The molecule has 2 aromatic carbocycles. The quantitative estimate of drug-likeness (QED) is 0.485. The van der Waals surface area contributed by atoms with Gasteiger partial charge in [-0.25, -0.2) is 13.4 Å². The molecule has 0 unspecified atom stereocenters. The van der Waals surface area contributed by atoms with Crippen molar-refractivity contribution in [3.63, 3.8) is 0 Å². The molecule has 0 aliphatic rings. The number of nitrogens with one attached hydrogen (secondary N) is 1. The molecule has 1 N–H and O–H groups in total. The zero-order valence-corrected chi connectivity index (χ0v) is 20.7. The number of carbonyl (C=O) groups excluding carboxylic acids is 1. The van der Waals surface area contributed by atoms with E-state index in [-0.39, 0.29) is 10.8 Å². The first-order chi connectivity index (χ1) is 15.2. The van der Waals surface area contributed by atoms with E-state index in [0.29, 0.717) is 29.3 Å². The van der Waals surface area contributed by atoms with Gasteiger partial charge in [0.25, 0.3) is 5.91 Å². The number of benzene rings is 2. The number of anilines is 1. The fourth-order valence-electron chi connectivity index (χ4n) is 3.40. The maximum Gasteiger partial charge on any atom is 0.267 e. The fraction of sp³-hybridized carbons (Fsp3) is 0.333. The van der Waals surface area contributed by atoms with Crippen LogP contribution in [-0.4, -0.2) is 36.7 Å². The summed E-state index contributed by atoms with van der Waals surface area (Å²) < 4.78 is 27.2.